The van der Waals surface area contributed by atoms with Crippen LogP contribution >= 0.6 is 0 Å². The number of pyridine rings is 1. The molecule has 0 radical (unpaired) electrons. The van der Waals surface area contributed by atoms with Crippen LogP contribution in [0, 0.1) is 36.3 Å². The van der Waals surface area contributed by atoms with E-state index in [4.69, 9.17) is 9.72 Å². The summed E-state index contributed by atoms with van der Waals surface area (Å²) in [5, 5.41) is 2.15. The largest absolute Gasteiger partial charge is 0.509 e. The van der Waals surface area contributed by atoms with Crippen molar-refractivity contribution in [2.75, 3.05) is 9.80 Å². The number of hydrogen-bond acceptors (Lipinski definition) is 4. The number of halogens is 3. The number of hydrogen-bond donors (Lipinski definition) is 0. The number of benzene rings is 6. The molecule has 9 rings (SSSR count). The number of fused-ring (bicyclic) bond motifs is 4. The Morgan fingerprint density at radius 2 is 1.30 bits per heavy atom. The van der Waals surface area contributed by atoms with Gasteiger partial charge in [0.25, 0.3) is 0 Å². The van der Waals surface area contributed by atoms with E-state index >= 15 is 8.78 Å². The van der Waals surface area contributed by atoms with Crippen LogP contribution in [0.5, 0.6) is 11.5 Å². The molecule has 1 aliphatic rings. The molecule has 0 saturated heterocycles. The first kappa shape index (κ1) is 44.7. The van der Waals surface area contributed by atoms with E-state index in [1.807, 2.05) is 48.7 Å². The number of anilines is 4. The molecule has 0 fully saturated rings. The minimum Gasteiger partial charge on any atom is -0.509 e. The van der Waals surface area contributed by atoms with E-state index in [2.05, 4.69) is 150 Å². The Kier molecular flexibility index (Phi) is 12.1. The van der Waals surface area contributed by atoms with Crippen molar-refractivity contribution in [3.05, 3.63) is 174 Å². The second-order valence-corrected chi connectivity index (χ2v) is 18.4. The SMILES string of the molecule is CC(C)c1cc(Oc2[c-]c3c(cc2)c2ccccc2n3-c2cc(C(C)(C)C)ccn2)[c-]c(N2[CH-]N(c3c(C(C)C)cc(-c4c(F)cc(F)cc4F)cc3C(C)C)c3ccccc32)c1.[Pt]. The van der Waals surface area contributed by atoms with Gasteiger partial charge in [-0.05, 0) is 93.3 Å². The quantitative estimate of drug-likeness (QED) is 0.135. The van der Waals surface area contributed by atoms with Gasteiger partial charge >= 0.3 is 0 Å². The molecule has 8 aromatic rings. The summed E-state index contributed by atoms with van der Waals surface area (Å²) in [7, 11) is 0. The van der Waals surface area contributed by atoms with Crippen LogP contribution in [0.15, 0.2) is 115 Å². The van der Waals surface area contributed by atoms with Crippen LogP contribution in [0.4, 0.5) is 35.9 Å². The van der Waals surface area contributed by atoms with Crippen molar-refractivity contribution in [1.29, 1.82) is 0 Å². The zero-order valence-electron chi connectivity index (χ0n) is 37.4. The first-order valence-corrected chi connectivity index (χ1v) is 21.6. The molecule has 0 unspecified atom stereocenters. The van der Waals surface area contributed by atoms with Gasteiger partial charge in [0.05, 0.1) is 5.56 Å². The van der Waals surface area contributed by atoms with Crippen molar-refractivity contribution < 1.29 is 39.0 Å². The zero-order valence-corrected chi connectivity index (χ0v) is 39.7. The van der Waals surface area contributed by atoms with E-state index < -0.39 is 17.5 Å². The molecule has 0 N–H and O–H groups in total. The normalized spacial score (nSPS) is 12.9. The molecule has 6 aromatic carbocycles. The van der Waals surface area contributed by atoms with Crippen LogP contribution in [-0.2, 0) is 26.5 Å². The Labute approximate surface area is 388 Å². The molecule has 64 heavy (non-hydrogen) atoms. The molecule has 5 nitrogen and oxygen atoms in total. The fourth-order valence-corrected chi connectivity index (χ4v) is 8.65. The van der Waals surface area contributed by atoms with E-state index in [1.54, 1.807) is 0 Å². The van der Waals surface area contributed by atoms with Crippen molar-refractivity contribution in [2.24, 2.45) is 0 Å². The molecule has 1 aliphatic heterocycles. The van der Waals surface area contributed by atoms with Gasteiger partial charge in [0.2, 0.25) is 0 Å². The molecule has 2 aromatic heterocycles. The summed E-state index contributed by atoms with van der Waals surface area (Å²) in [6, 6.07) is 41.3. The zero-order chi connectivity index (χ0) is 44.5. The van der Waals surface area contributed by atoms with Gasteiger partial charge in [-0.1, -0.05) is 98.2 Å². The van der Waals surface area contributed by atoms with Gasteiger partial charge in [0.15, 0.2) is 0 Å². The van der Waals surface area contributed by atoms with Crippen molar-refractivity contribution in [1.82, 2.24) is 9.55 Å². The Bertz CT molecular complexity index is 3010. The van der Waals surface area contributed by atoms with Crippen molar-refractivity contribution >= 4 is 44.6 Å². The summed E-state index contributed by atoms with van der Waals surface area (Å²) in [5.41, 5.74) is 9.63. The molecule has 0 bridgehead atoms. The first-order chi connectivity index (χ1) is 30.1. The predicted octanol–water partition coefficient (Wildman–Crippen LogP) is 15.7. The van der Waals surface area contributed by atoms with Crippen LogP contribution in [0.2, 0.25) is 0 Å². The maximum Gasteiger partial charge on any atom is 0.136 e. The van der Waals surface area contributed by atoms with Crippen LogP contribution in [0.25, 0.3) is 38.8 Å². The molecular formula is C55H50F3N4OPt-3. The molecule has 3 heterocycles. The fourth-order valence-electron chi connectivity index (χ4n) is 8.65. The number of para-hydroxylation sites is 3. The van der Waals surface area contributed by atoms with Crippen LogP contribution in [-0.4, -0.2) is 9.55 Å². The summed E-state index contributed by atoms with van der Waals surface area (Å²) in [5.74, 6) is -0.796. The second kappa shape index (κ2) is 17.3. The smallest absolute Gasteiger partial charge is 0.136 e. The maximum absolute atomic E-state index is 15.3. The van der Waals surface area contributed by atoms with Crippen LogP contribution < -0.4 is 14.5 Å². The Hall–Kier alpha value is -5.85. The van der Waals surface area contributed by atoms with Gasteiger partial charge in [-0.15, -0.1) is 53.6 Å². The number of aromatic nitrogens is 2. The molecular weight excluding hydrogens is 985 g/mol. The summed E-state index contributed by atoms with van der Waals surface area (Å²) in [4.78, 5) is 9.13. The molecule has 9 heteroatoms. The molecule has 0 saturated carbocycles. The van der Waals surface area contributed by atoms with E-state index in [1.165, 1.54) is 5.56 Å². The summed E-state index contributed by atoms with van der Waals surface area (Å²) in [6.07, 6.45) is 1.87. The van der Waals surface area contributed by atoms with E-state index in [-0.39, 0.29) is 49.8 Å². The van der Waals surface area contributed by atoms with E-state index in [0.717, 1.165) is 79.2 Å². The number of rotatable bonds is 9. The van der Waals surface area contributed by atoms with Crippen LogP contribution in [0.1, 0.15) is 102 Å². The monoisotopic (exact) mass is 1030 g/mol. The molecule has 0 spiro atoms. The number of ether oxygens (including phenoxy) is 1. The van der Waals surface area contributed by atoms with Gasteiger partial charge in [0, 0.05) is 73.5 Å². The second-order valence-electron chi connectivity index (χ2n) is 18.4. The van der Waals surface area contributed by atoms with E-state index in [0.29, 0.717) is 17.1 Å². The third kappa shape index (κ3) is 8.11. The minimum atomic E-state index is -0.952. The average molecular weight is 1040 g/mol. The topological polar surface area (TPSA) is 33.5 Å². The van der Waals surface area contributed by atoms with Gasteiger partial charge in [0.1, 0.15) is 23.3 Å². The molecule has 0 atom stereocenters. The fraction of sp³-hybridized carbons (Fsp3) is 0.236. The molecule has 330 valence electrons. The summed E-state index contributed by atoms with van der Waals surface area (Å²) >= 11 is 0. The number of nitrogens with zero attached hydrogens (tertiary/aromatic N) is 4. The third-order valence-corrected chi connectivity index (χ3v) is 12.0. The Morgan fingerprint density at radius 3 is 1.94 bits per heavy atom. The van der Waals surface area contributed by atoms with Crippen molar-refractivity contribution in [2.45, 2.75) is 85.5 Å². The maximum atomic E-state index is 15.3. The third-order valence-electron chi connectivity index (χ3n) is 12.0. The van der Waals surface area contributed by atoms with E-state index in [9.17, 15) is 4.39 Å². The van der Waals surface area contributed by atoms with Crippen LogP contribution in [0.3, 0.4) is 0 Å². The Morgan fingerprint density at radius 1 is 0.656 bits per heavy atom. The van der Waals surface area contributed by atoms with Crippen molar-refractivity contribution in [3.8, 4) is 28.4 Å². The molecule has 0 aliphatic carbocycles. The Balaban J connectivity index is 0.00000560. The predicted molar refractivity (Wildman–Crippen MR) is 251 cm³/mol. The average Bonchev–Trinajstić information content (AvgIpc) is 3.78. The summed E-state index contributed by atoms with van der Waals surface area (Å²) < 4.78 is 53.5. The van der Waals surface area contributed by atoms with Crippen molar-refractivity contribution in [3.63, 3.8) is 0 Å². The summed E-state index contributed by atoms with van der Waals surface area (Å²) in [6.45, 7) is 21.3. The first-order valence-electron chi connectivity index (χ1n) is 21.6. The minimum absolute atomic E-state index is 0. The van der Waals surface area contributed by atoms with Gasteiger partial charge in [-0.25, -0.2) is 18.2 Å². The van der Waals surface area contributed by atoms with Gasteiger partial charge in [-0.3, -0.25) is 0 Å². The van der Waals surface area contributed by atoms with Gasteiger partial charge < -0.3 is 19.1 Å². The molecule has 0 amide bonds. The van der Waals surface area contributed by atoms with Gasteiger partial charge in [-0.2, -0.15) is 6.07 Å². The standard InChI is InChI=1S/C55H50F3N4O.Pt/c1-32(2)35-22-39(29-41(23-35)63-40-18-19-43-42-14-10-11-15-48(42)62(51(43)30-40)52-26-37(20-21-59-52)55(7,8)9)60-31-61(50-17-13-12-16-49(50)60)54-44(33(3)4)24-36(25-45(54)34(5)6)53-46(57)27-38(56)28-47(53)58;/h10-28,31-34H,1-9H3;/q-3;.